The van der Waals surface area contributed by atoms with E-state index in [0.29, 0.717) is 28.6 Å². The van der Waals surface area contributed by atoms with Gasteiger partial charge in [-0.05, 0) is 55.0 Å². The Morgan fingerprint density at radius 1 is 1.16 bits per heavy atom. The van der Waals surface area contributed by atoms with Gasteiger partial charge in [0.05, 0.1) is 12.6 Å². The van der Waals surface area contributed by atoms with Crippen LogP contribution in [-0.4, -0.2) is 29.2 Å². The molecule has 2 N–H and O–H groups in total. The molecule has 0 bridgehead atoms. The van der Waals surface area contributed by atoms with Crippen LogP contribution in [0.3, 0.4) is 0 Å². The highest BCUT2D eigenvalue weighted by Gasteiger charge is 2.40. The van der Waals surface area contributed by atoms with E-state index in [2.05, 4.69) is 22.4 Å². The molecule has 32 heavy (non-hydrogen) atoms. The average molecular weight is 448 g/mol. The molecule has 2 aromatic heterocycles. The fraction of sp³-hybridized carbons (Fsp3) is 0.360. The number of aromatic amines is 1. The van der Waals surface area contributed by atoms with Crippen LogP contribution in [0.25, 0.3) is 20.3 Å². The molecule has 0 spiro atoms. The Kier molecular flexibility index (Phi) is 4.69. The first-order chi connectivity index (χ1) is 15.7. The van der Waals surface area contributed by atoms with Gasteiger partial charge in [0, 0.05) is 28.6 Å². The Balaban J connectivity index is 1.33. The summed E-state index contributed by atoms with van der Waals surface area (Å²) >= 11 is 1.45. The van der Waals surface area contributed by atoms with Crippen molar-refractivity contribution in [1.82, 2.24) is 14.9 Å². The first-order valence-corrected chi connectivity index (χ1v) is 12.0. The second-order valence-electron chi connectivity index (χ2n) is 8.85. The van der Waals surface area contributed by atoms with Crippen molar-refractivity contribution in [3.8, 4) is 5.75 Å². The standard InChI is InChI=1S/C25H25N3O3S/c1-31-19-7-4-6-16-15(19)10-9-14-13-26-18(21(14)16)11-12-28-24(29)23-22(27-25(28)30)17-5-2-3-8-20(17)32-23/h2-8,14,18,21,26H,9-13H2,1H3,(H,27,30)/t14-,18?,21+/m1/s1. The molecule has 0 radical (unpaired) electrons. The number of thiophene rings is 1. The largest absolute Gasteiger partial charge is 0.496 e. The lowest BCUT2D eigenvalue weighted by molar-refractivity contribution is 0.371. The Morgan fingerprint density at radius 2 is 2.03 bits per heavy atom. The number of benzene rings is 2. The Hall–Kier alpha value is -2.90. The van der Waals surface area contributed by atoms with Crippen LogP contribution in [0, 0.1) is 5.92 Å². The number of ether oxygens (including phenoxy) is 1. The number of aromatic nitrogens is 2. The van der Waals surface area contributed by atoms with Gasteiger partial charge in [-0.3, -0.25) is 9.36 Å². The summed E-state index contributed by atoms with van der Waals surface area (Å²) in [4.78, 5) is 29.0. The highest BCUT2D eigenvalue weighted by atomic mass is 32.1. The molecule has 0 amide bonds. The van der Waals surface area contributed by atoms with E-state index in [0.717, 1.165) is 41.6 Å². The third kappa shape index (κ3) is 2.95. The molecule has 1 saturated heterocycles. The molecule has 1 aliphatic carbocycles. The van der Waals surface area contributed by atoms with E-state index in [1.54, 1.807) is 7.11 Å². The van der Waals surface area contributed by atoms with Crippen LogP contribution in [0.4, 0.5) is 0 Å². The zero-order valence-electron chi connectivity index (χ0n) is 17.9. The molecule has 0 saturated carbocycles. The van der Waals surface area contributed by atoms with Gasteiger partial charge >= 0.3 is 5.69 Å². The van der Waals surface area contributed by atoms with Gasteiger partial charge in [-0.25, -0.2) is 4.79 Å². The maximum Gasteiger partial charge on any atom is 0.328 e. The van der Waals surface area contributed by atoms with Crippen molar-refractivity contribution >= 4 is 31.6 Å². The molecule has 1 unspecified atom stereocenters. The van der Waals surface area contributed by atoms with Crippen molar-refractivity contribution in [3.63, 3.8) is 0 Å². The fourth-order valence-electron chi connectivity index (χ4n) is 5.78. The van der Waals surface area contributed by atoms with Crippen LogP contribution >= 0.6 is 11.3 Å². The molecule has 3 atom stereocenters. The van der Waals surface area contributed by atoms with E-state index in [-0.39, 0.29) is 17.3 Å². The van der Waals surface area contributed by atoms with Crippen LogP contribution in [-0.2, 0) is 13.0 Å². The van der Waals surface area contributed by atoms with Crippen molar-refractivity contribution in [3.05, 3.63) is 74.4 Å². The van der Waals surface area contributed by atoms with Gasteiger partial charge in [0.25, 0.3) is 5.56 Å². The summed E-state index contributed by atoms with van der Waals surface area (Å²) in [5, 5.41) is 4.61. The van der Waals surface area contributed by atoms with Crippen LogP contribution in [0.1, 0.15) is 29.9 Å². The topological polar surface area (TPSA) is 76.1 Å². The summed E-state index contributed by atoms with van der Waals surface area (Å²) in [5.74, 6) is 1.94. The number of rotatable bonds is 4. The van der Waals surface area contributed by atoms with Crippen LogP contribution in [0.15, 0.2) is 52.1 Å². The fourth-order valence-corrected chi connectivity index (χ4v) is 6.89. The second-order valence-corrected chi connectivity index (χ2v) is 9.90. The second kappa shape index (κ2) is 7.60. The SMILES string of the molecule is COc1cccc2c1CC[C@@H]1CNC(CCn3c(=O)[nH]c4c(sc5ccccc54)c3=O)[C@H]21. The number of hydrogen-bond acceptors (Lipinski definition) is 5. The zero-order valence-corrected chi connectivity index (χ0v) is 18.7. The van der Waals surface area contributed by atoms with Crippen molar-refractivity contribution < 1.29 is 4.74 Å². The molecule has 1 aliphatic heterocycles. The normalized spacial score (nSPS) is 22.2. The van der Waals surface area contributed by atoms with Gasteiger partial charge in [-0.1, -0.05) is 30.3 Å². The lowest BCUT2D eigenvalue weighted by atomic mass is 9.73. The van der Waals surface area contributed by atoms with E-state index in [4.69, 9.17) is 4.74 Å². The van der Waals surface area contributed by atoms with Gasteiger partial charge in [-0.15, -0.1) is 11.3 Å². The van der Waals surface area contributed by atoms with E-state index in [1.165, 1.54) is 27.0 Å². The van der Waals surface area contributed by atoms with E-state index in [9.17, 15) is 9.59 Å². The van der Waals surface area contributed by atoms with E-state index < -0.39 is 0 Å². The Labute approximate surface area is 188 Å². The summed E-state index contributed by atoms with van der Waals surface area (Å²) in [6.07, 6.45) is 2.91. The van der Waals surface area contributed by atoms with Crippen LogP contribution < -0.4 is 21.3 Å². The first kappa shape index (κ1) is 19.8. The number of nitrogens with one attached hydrogen (secondary N) is 2. The molecule has 164 valence electrons. The quantitative estimate of drug-likeness (QED) is 0.501. The summed E-state index contributed by atoms with van der Waals surface area (Å²) in [5.41, 5.74) is 2.81. The highest BCUT2D eigenvalue weighted by Crippen LogP contribution is 2.45. The van der Waals surface area contributed by atoms with E-state index in [1.807, 2.05) is 30.3 Å². The molecule has 3 heterocycles. The van der Waals surface area contributed by atoms with Crippen molar-refractivity contribution in [2.45, 2.75) is 37.8 Å². The summed E-state index contributed by atoms with van der Waals surface area (Å²) in [6.45, 7) is 1.38. The summed E-state index contributed by atoms with van der Waals surface area (Å²) in [7, 11) is 1.73. The predicted molar refractivity (Wildman–Crippen MR) is 128 cm³/mol. The van der Waals surface area contributed by atoms with Gasteiger partial charge in [0.1, 0.15) is 10.4 Å². The predicted octanol–water partition coefficient (Wildman–Crippen LogP) is 3.62. The first-order valence-electron chi connectivity index (χ1n) is 11.2. The average Bonchev–Trinajstić information content (AvgIpc) is 3.40. The molecule has 4 aromatic rings. The maximum absolute atomic E-state index is 13.2. The molecule has 6 nitrogen and oxygen atoms in total. The number of hydrogen-bond donors (Lipinski definition) is 2. The zero-order chi connectivity index (χ0) is 21.8. The molecule has 7 heteroatoms. The minimum absolute atomic E-state index is 0.190. The van der Waals surface area contributed by atoms with E-state index >= 15 is 0 Å². The lowest BCUT2D eigenvalue weighted by Gasteiger charge is -2.32. The summed E-state index contributed by atoms with van der Waals surface area (Å²) < 4.78 is 8.63. The van der Waals surface area contributed by atoms with Crippen molar-refractivity contribution in [2.75, 3.05) is 13.7 Å². The van der Waals surface area contributed by atoms with Gasteiger partial charge < -0.3 is 15.0 Å². The number of H-pyrrole nitrogens is 1. The molecule has 1 fully saturated rings. The number of methoxy groups -OCH3 is 1. The third-order valence-corrected chi connectivity index (χ3v) is 8.43. The van der Waals surface area contributed by atoms with Crippen LogP contribution in [0.5, 0.6) is 5.75 Å². The summed E-state index contributed by atoms with van der Waals surface area (Å²) in [6, 6.07) is 14.4. The molecule has 2 aliphatic rings. The number of fused-ring (bicyclic) bond motifs is 6. The Morgan fingerprint density at radius 3 is 2.91 bits per heavy atom. The Bertz CT molecular complexity index is 1450. The molecule has 2 aromatic carbocycles. The molecule has 6 rings (SSSR count). The van der Waals surface area contributed by atoms with Crippen LogP contribution in [0.2, 0.25) is 0 Å². The van der Waals surface area contributed by atoms with Gasteiger partial charge in [0.15, 0.2) is 0 Å². The monoisotopic (exact) mass is 447 g/mol. The third-order valence-electron chi connectivity index (χ3n) is 7.27. The highest BCUT2D eigenvalue weighted by molar-refractivity contribution is 7.25. The van der Waals surface area contributed by atoms with Crippen molar-refractivity contribution in [1.29, 1.82) is 0 Å². The molecular weight excluding hydrogens is 422 g/mol. The minimum Gasteiger partial charge on any atom is -0.496 e. The smallest absolute Gasteiger partial charge is 0.328 e. The van der Waals surface area contributed by atoms with Crippen molar-refractivity contribution in [2.24, 2.45) is 5.92 Å². The lowest BCUT2D eigenvalue weighted by Crippen LogP contribution is -2.37. The molecular formula is C25H25N3O3S. The number of nitrogens with zero attached hydrogens (tertiary/aromatic N) is 1. The van der Waals surface area contributed by atoms with Gasteiger partial charge in [0.2, 0.25) is 0 Å². The maximum atomic E-state index is 13.2. The van der Waals surface area contributed by atoms with Gasteiger partial charge in [-0.2, -0.15) is 0 Å². The minimum atomic E-state index is -0.327.